The number of rotatable bonds is 3. The average Bonchev–Trinajstić information content (AvgIpc) is 3.24. The number of carbonyl (C=O) groups is 1. The summed E-state index contributed by atoms with van der Waals surface area (Å²) in [6.45, 7) is 1.55. The van der Waals surface area contributed by atoms with Crippen molar-refractivity contribution < 1.29 is 9.53 Å². The van der Waals surface area contributed by atoms with Crippen LogP contribution in [-0.2, 0) is 4.74 Å². The van der Waals surface area contributed by atoms with Crippen LogP contribution in [0, 0.1) is 0 Å². The number of nitrogens with one attached hydrogen (secondary N) is 2. The summed E-state index contributed by atoms with van der Waals surface area (Å²) >= 11 is 1.44. The zero-order chi connectivity index (χ0) is 15.6. The number of pyridine rings is 1. The molecule has 0 spiro atoms. The summed E-state index contributed by atoms with van der Waals surface area (Å²) in [6.07, 6.45) is 3.56. The van der Waals surface area contributed by atoms with Gasteiger partial charge in [-0.2, -0.15) is 5.10 Å². The van der Waals surface area contributed by atoms with E-state index in [0.717, 1.165) is 37.3 Å². The zero-order valence-electron chi connectivity index (χ0n) is 12.3. The molecule has 0 aliphatic carbocycles. The quantitative estimate of drug-likeness (QED) is 0.770. The summed E-state index contributed by atoms with van der Waals surface area (Å²) in [7, 11) is 0. The van der Waals surface area contributed by atoms with Crippen molar-refractivity contribution in [2.24, 2.45) is 0 Å². The van der Waals surface area contributed by atoms with E-state index in [1.54, 1.807) is 18.3 Å². The smallest absolute Gasteiger partial charge is 0.276 e. The van der Waals surface area contributed by atoms with Gasteiger partial charge in [0, 0.05) is 24.5 Å². The van der Waals surface area contributed by atoms with Gasteiger partial charge in [0.05, 0.1) is 17.4 Å². The van der Waals surface area contributed by atoms with Gasteiger partial charge in [-0.25, -0.2) is 9.97 Å². The largest absolute Gasteiger partial charge is 0.381 e. The Kier molecular flexibility index (Phi) is 3.76. The number of aromatic nitrogens is 4. The Morgan fingerprint density at radius 3 is 3.04 bits per heavy atom. The molecule has 0 aromatic carbocycles. The van der Waals surface area contributed by atoms with E-state index in [1.807, 2.05) is 5.38 Å². The minimum absolute atomic E-state index is 0.263. The number of thiazole rings is 1. The first-order valence-corrected chi connectivity index (χ1v) is 8.32. The van der Waals surface area contributed by atoms with Crippen LogP contribution in [0.15, 0.2) is 23.7 Å². The molecule has 118 valence electrons. The second-order valence-electron chi connectivity index (χ2n) is 5.42. The Hall–Kier alpha value is -2.32. The number of hydrogen-bond acceptors (Lipinski definition) is 6. The van der Waals surface area contributed by atoms with Crippen molar-refractivity contribution in [1.82, 2.24) is 20.2 Å². The predicted molar refractivity (Wildman–Crippen MR) is 86.7 cm³/mol. The minimum atomic E-state index is -0.263. The molecule has 7 nitrogen and oxygen atoms in total. The highest BCUT2D eigenvalue weighted by Gasteiger charge is 2.19. The molecule has 0 atom stereocenters. The summed E-state index contributed by atoms with van der Waals surface area (Å²) in [5, 5.41) is 12.1. The Bertz CT molecular complexity index is 837. The second-order valence-corrected chi connectivity index (χ2v) is 6.28. The van der Waals surface area contributed by atoms with Gasteiger partial charge >= 0.3 is 0 Å². The Labute approximate surface area is 136 Å². The summed E-state index contributed by atoms with van der Waals surface area (Å²) in [6, 6.07) is 3.46. The molecule has 0 saturated carbocycles. The van der Waals surface area contributed by atoms with Crippen molar-refractivity contribution in [2.75, 3.05) is 18.5 Å². The third-order valence-electron chi connectivity index (χ3n) is 3.91. The molecule has 4 rings (SSSR count). The van der Waals surface area contributed by atoms with Gasteiger partial charge in [-0.05, 0) is 25.0 Å². The van der Waals surface area contributed by atoms with Gasteiger partial charge < -0.3 is 4.74 Å². The number of aromatic amines is 1. The molecule has 1 aliphatic heterocycles. The SMILES string of the molecule is O=C(Nc1nc(C2CCOCC2)cs1)c1ccc2[nH]ncc2n1. The molecule has 0 unspecified atom stereocenters. The number of anilines is 1. The topological polar surface area (TPSA) is 92.8 Å². The van der Waals surface area contributed by atoms with Crippen molar-refractivity contribution in [1.29, 1.82) is 0 Å². The third-order valence-corrected chi connectivity index (χ3v) is 4.69. The normalized spacial score (nSPS) is 15.8. The minimum Gasteiger partial charge on any atom is -0.381 e. The monoisotopic (exact) mass is 329 g/mol. The van der Waals surface area contributed by atoms with Gasteiger partial charge in [0.15, 0.2) is 5.13 Å². The zero-order valence-corrected chi connectivity index (χ0v) is 13.1. The average molecular weight is 329 g/mol. The number of hydrogen-bond donors (Lipinski definition) is 2. The third kappa shape index (κ3) is 2.95. The Morgan fingerprint density at radius 2 is 2.17 bits per heavy atom. The molecule has 2 N–H and O–H groups in total. The fourth-order valence-electron chi connectivity index (χ4n) is 2.64. The maximum Gasteiger partial charge on any atom is 0.276 e. The summed E-state index contributed by atoms with van der Waals surface area (Å²) in [5.74, 6) is 0.159. The van der Waals surface area contributed by atoms with Crippen LogP contribution in [0.2, 0.25) is 0 Å². The van der Waals surface area contributed by atoms with Gasteiger partial charge in [0.25, 0.3) is 5.91 Å². The first-order chi connectivity index (χ1) is 11.3. The molecule has 3 aromatic rings. The lowest BCUT2D eigenvalue weighted by atomic mass is 9.98. The number of amides is 1. The molecule has 0 bridgehead atoms. The van der Waals surface area contributed by atoms with Gasteiger partial charge in [0.2, 0.25) is 0 Å². The van der Waals surface area contributed by atoms with Crippen LogP contribution in [0.1, 0.15) is 34.9 Å². The molecular weight excluding hydrogens is 314 g/mol. The van der Waals surface area contributed by atoms with Crippen LogP contribution < -0.4 is 5.32 Å². The molecule has 1 saturated heterocycles. The van der Waals surface area contributed by atoms with Crippen LogP contribution in [0.25, 0.3) is 11.0 Å². The van der Waals surface area contributed by atoms with Crippen molar-refractivity contribution in [3.63, 3.8) is 0 Å². The van der Waals surface area contributed by atoms with E-state index in [2.05, 4.69) is 25.5 Å². The lowest BCUT2D eigenvalue weighted by Crippen LogP contribution is -2.15. The lowest BCUT2D eigenvalue weighted by Gasteiger charge is -2.19. The molecule has 0 radical (unpaired) electrons. The number of carbonyl (C=O) groups excluding carboxylic acids is 1. The number of H-pyrrole nitrogens is 1. The van der Waals surface area contributed by atoms with Crippen LogP contribution >= 0.6 is 11.3 Å². The van der Waals surface area contributed by atoms with E-state index in [9.17, 15) is 4.79 Å². The summed E-state index contributed by atoms with van der Waals surface area (Å²) in [4.78, 5) is 21.1. The molecule has 3 aromatic heterocycles. The fraction of sp³-hybridized carbons (Fsp3) is 0.333. The number of ether oxygens (including phenoxy) is 1. The van der Waals surface area contributed by atoms with Crippen LogP contribution in [0.4, 0.5) is 5.13 Å². The van der Waals surface area contributed by atoms with E-state index < -0.39 is 0 Å². The highest BCUT2D eigenvalue weighted by Crippen LogP contribution is 2.29. The molecule has 1 aliphatic rings. The molecule has 1 fully saturated rings. The standard InChI is InChI=1S/C15H15N5O2S/c21-14(11-2-1-10-12(17-11)7-16-20-10)19-15-18-13(8-23-15)9-3-5-22-6-4-9/h1-2,7-9H,3-6H2,(H,16,20)(H,18,19,21). The lowest BCUT2D eigenvalue weighted by molar-refractivity contribution is 0.0846. The predicted octanol–water partition coefficient (Wildman–Crippen LogP) is 2.56. The molecule has 1 amide bonds. The number of fused-ring (bicyclic) bond motifs is 1. The highest BCUT2D eigenvalue weighted by atomic mass is 32.1. The van der Waals surface area contributed by atoms with E-state index in [4.69, 9.17) is 4.74 Å². The molecule has 8 heteroatoms. The van der Waals surface area contributed by atoms with Gasteiger partial charge in [0.1, 0.15) is 11.2 Å². The van der Waals surface area contributed by atoms with Crippen molar-refractivity contribution >= 4 is 33.4 Å². The van der Waals surface area contributed by atoms with Gasteiger partial charge in [-0.3, -0.25) is 15.2 Å². The maximum atomic E-state index is 12.3. The molecule has 4 heterocycles. The van der Waals surface area contributed by atoms with Crippen LogP contribution in [-0.4, -0.2) is 39.3 Å². The van der Waals surface area contributed by atoms with Crippen LogP contribution in [0.5, 0.6) is 0 Å². The Balaban J connectivity index is 1.48. The van der Waals surface area contributed by atoms with E-state index >= 15 is 0 Å². The highest BCUT2D eigenvalue weighted by molar-refractivity contribution is 7.14. The van der Waals surface area contributed by atoms with Crippen LogP contribution in [0.3, 0.4) is 0 Å². The van der Waals surface area contributed by atoms with Crippen molar-refractivity contribution in [3.05, 3.63) is 35.1 Å². The second kappa shape index (κ2) is 6.05. The van der Waals surface area contributed by atoms with Gasteiger partial charge in [-0.1, -0.05) is 0 Å². The van der Waals surface area contributed by atoms with Crippen molar-refractivity contribution in [2.45, 2.75) is 18.8 Å². The van der Waals surface area contributed by atoms with E-state index in [-0.39, 0.29) is 5.91 Å². The number of nitrogens with zero attached hydrogens (tertiary/aromatic N) is 3. The summed E-state index contributed by atoms with van der Waals surface area (Å²) in [5.41, 5.74) is 2.85. The van der Waals surface area contributed by atoms with Gasteiger partial charge in [-0.15, -0.1) is 11.3 Å². The first kappa shape index (κ1) is 14.3. The molecular formula is C15H15N5O2S. The maximum absolute atomic E-state index is 12.3. The van der Waals surface area contributed by atoms with E-state index in [1.165, 1.54) is 11.3 Å². The fourth-order valence-corrected chi connectivity index (χ4v) is 3.43. The van der Waals surface area contributed by atoms with E-state index in [0.29, 0.717) is 22.3 Å². The van der Waals surface area contributed by atoms with Crippen molar-refractivity contribution in [3.8, 4) is 0 Å². The summed E-state index contributed by atoms with van der Waals surface area (Å²) < 4.78 is 5.37. The Morgan fingerprint density at radius 1 is 1.30 bits per heavy atom. The molecule has 23 heavy (non-hydrogen) atoms. The first-order valence-electron chi connectivity index (χ1n) is 7.44.